The Bertz CT molecular complexity index is 834. The Hall–Kier alpha value is -2.74. The maximum atomic E-state index is 13.2. The van der Waals surface area contributed by atoms with E-state index in [1.807, 2.05) is 0 Å². The van der Waals surface area contributed by atoms with Gasteiger partial charge in [-0.15, -0.1) is 5.92 Å². The molecule has 28 heavy (non-hydrogen) atoms. The van der Waals surface area contributed by atoms with Gasteiger partial charge in [-0.1, -0.05) is 5.92 Å². The van der Waals surface area contributed by atoms with E-state index in [1.165, 1.54) is 17.6 Å². The standard InChI is InChI=1S/C18H20N2O7S/c1-2-3-12-27-14-4-6-15(7-5-14)28(26)18(16(22)19-25)8-10-20(13-21,11-9-18)17(23)24/h4-7,13H,8-12H2,1H3,(H2-,19,22,23,24,25). The third-order valence-electron chi connectivity index (χ3n) is 4.79. The largest absolute Gasteiger partial charge is 0.498 e. The number of imide groups is 1. The monoisotopic (exact) mass is 408 g/mol. The first-order chi connectivity index (χ1) is 13.3. The Morgan fingerprint density at radius 2 is 1.96 bits per heavy atom. The number of hydroxylamine groups is 1. The second kappa shape index (κ2) is 8.97. The van der Waals surface area contributed by atoms with Gasteiger partial charge < -0.3 is 14.6 Å². The lowest BCUT2D eigenvalue weighted by Gasteiger charge is -2.42. The Morgan fingerprint density at radius 1 is 1.36 bits per heavy atom. The summed E-state index contributed by atoms with van der Waals surface area (Å²) in [7, 11) is -1.92. The number of rotatable bonds is 6. The van der Waals surface area contributed by atoms with Crippen molar-refractivity contribution in [3.05, 3.63) is 24.3 Å². The Morgan fingerprint density at radius 3 is 2.43 bits per heavy atom. The number of hydrogen-bond donors (Lipinski definition) is 2. The molecular weight excluding hydrogens is 388 g/mol. The molecule has 1 aliphatic rings. The molecule has 2 N–H and O–H groups in total. The van der Waals surface area contributed by atoms with Crippen molar-refractivity contribution >= 4 is 29.2 Å². The fourth-order valence-electron chi connectivity index (χ4n) is 3.00. The van der Waals surface area contributed by atoms with Crippen LogP contribution in [-0.4, -0.2) is 56.8 Å². The summed E-state index contributed by atoms with van der Waals surface area (Å²) in [4.78, 5) is 35.2. The van der Waals surface area contributed by atoms with Gasteiger partial charge in [0.1, 0.15) is 17.1 Å². The molecule has 150 valence electrons. The second-order valence-corrected chi connectivity index (χ2v) is 8.03. The number of amides is 3. The summed E-state index contributed by atoms with van der Waals surface area (Å²) < 4.78 is 16.0. The molecule has 1 aromatic rings. The van der Waals surface area contributed by atoms with E-state index in [1.54, 1.807) is 19.1 Å². The molecule has 0 radical (unpaired) electrons. The number of carbonyl (C=O) groups excluding carboxylic acids is 3. The van der Waals surface area contributed by atoms with Gasteiger partial charge in [-0.3, -0.25) is 14.2 Å². The fraction of sp³-hybridized carbons (Fsp3) is 0.389. The van der Waals surface area contributed by atoms with Crippen LogP contribution in [0.1, 0.15) is 19.8 Å². The average molecular weight is 408 g/mol. The molecule has 0 aromatic heterocycles. The Labute approximate surface area is 164 Å². The first kappa shape index (κ1) is 21.6. The predicted octanol–water partition coefficient (Wildman–Crippen LogP) is -0.449. The van der Waals surface area contributed by atoms with Gasteiger partial charge in [0.05, 0.1) is 23.9 Å². The molecule has 10 heteroatoms. The van der Waals surface area contributed by atoms with E-state index in [2.05, 4.69) is 11.8 Å². The molecule has 1 fully saturated rings. The molecule has 0 aliphatic carbocycles. The second-order valence-electron chi connectivity index (χ2n) is 6.24. The van der Waals surface area contributed by atoms with Gasteiger partial charge in [0.2, 0.25) is 0 Å². The van der Waals surface area contributed by atoms with E-state index >= 15 is 0 Å². The third kappa shape index (κ3) is 4.06. The van der Waals surface area contributed by atoms with Gasteiger partial charge >= 0.3 is 6.41 Å². The molecular formula is C18H20N2O7S. The Kier molecular flexibility index (Phi) is 6.90. The summed E-state index contributed by atoms with van der Waals surface area (Å²) in [6, 6.07) is 6.19. The van der Waals surface area contributed by atoms with Crippen molar-refractivity contribution in [2.45, 2.75) is 29.4 Å². The highest BCUT2D eigenvalue weighted by Crippen LogP contribution is 2.35. The fourth-order valence-corrected chi connectivity index (χ4v) is 4.61. The van der Waals surface area contributed by atoms with Gasteiger partial charge in [0, 0.05) is 17.7 Å². The summed E-state index contributed by atoms with van der Waals surface area (Å²) >= 11 is 0. The zero-order valence-electron chi connectivity index (χ0n) is 15.2. The van der Waals surface area contributed by atoms with Crippen molar-refractivity contribution in [2.75, 3.05) is 19.7 Å². The van der Waals surface area contributed by atoms with Crippen LogP contribution < -0.4 is 15.3 Å². The molecule has 2 rings (SSSR count). The summed E-state index contributed by atoms with van der Waals surface area (Å²) in [6.07, 6.45) is -1.73. The number of piperidine rings is 1. The van der Waals surface area contributed by atoms with Gasteiger partial charge in [0.15, 0.2) is 0 Å². The van der Waals surface area contributed by atoms with Crippen LogP contribution in [0.25, 0.3) is 0 Å². The van der Waals surface area contributed by atoms with Crippen LogP contribution in [0.3, 0.4) is 0 Å². The van der Waals surface area contributed by atoms with E-state index in [0.29, 0.717) is 10.6 Å². The molecule has 1 atom stereocenters. The zero-order chi connectivity index (χ0) is 20.8. The van der Waals surface area contributed by atoms with Gasteiger partial charge in [-0.2, -0.15) is 0 Å². The van der Waals surface area contributed by atoms with E-state index in [-0.39, 0.29) is 38.9 Å². The number of nitrogens with one attached hydrogen (secondary N) is 1. The minimum absolute atomic E-state index is 0.191. The number of ether oxygens (including phenoxy) is 1. The van der Waals surface area contributed by atoms with Crippen molar-refractivity contribution in [1.82, 2.24) is 5.48 Å². The van der Waals surface area contributed by atoms with Gasteiger partial charge in [0.25, 0.3) is 12.0 Å². The molecule has 0 spiro atoms. The maximum Gasteiger partial charge on any atom is 0.307 e. The highest BCUT2D eigenvalue weighted by molar-refractivity contribution is 7.87. The maximum absolute atomic E-state index is 13.2. The van der Waals surface area contributed by atoms with E-state index in [4.69, 9.17) is 9.94 Å². The van der Waals surface area contributed by atoms with E-state index in [0.717, 1.165) is 0 Å². The van der Waals surface area contributed by atoms with E-state index in [9.17, 15) is 23.7 Å². The predicted molar refractivity (Wildman–Crippen MR) is 95.1 cm³/mol. The summed E-state index contributed by atoms with van der Waals surface area (Å²) in [5.74, 6) is 5.03. The highest BCUT2D eigenvalue weighted by atomic mass is 32.2. The lowest BCUT2D eigenvalue weighted by molar-refractivity contribution is -0.801. The van der Waals surface area contributed by atoms with Crippen LogP contribution >= 0.6 is 0 Å². The SMILES string of the molecule is CC#CCOc1ccc(S(=O)C2(C(=O)NO)CC[N+](C=O)(C(=O)[O-])CC2)cc1. The van der Waals surface area contributed by atoms with Crippen LogP contribution in [0.15, 0.2) is 29.2 Å². The molecule has 1 saturated heterocycles. The van der Waals surface area contributed by atoms with Crippen LogP contribution in [0.2, 0.25) is 0 Å². The van der Waals surface area contributed by atoms with Crippen molar-refractivity contribution in [3.63, 3.8) is 0 Å². The number of hydrogen-bond acceptors (Lipinski definition) is 7. The number of quaternary nitrogens is 1. The van der Waals surface area contributed by atoms with Gasteiger partial charge in [-0.05, 0) is 31.2 Å². The van der Waals surface area contributed by atoms with Crippen LogP contribution in [0.4, 0.5) is 4.79 Å². The summed E-state index contributed by atoms with van der Waals surface area (Å²) in [6.45, 7) is 1.33. The number of nitrogens with zero attached hydrogens (tertiary/aromatic N) is 1. The first-order valence-electron chi connectivity index (χ1n) is 8.39. The smallest absolute Gasteiger partial charge is 0.307 e. The van der Waals surface area contributed by atoms with Crippen molar-refractivity contribution in [3.8, 4) is 17.6 Å². The molecule has 1 heterocycles. The molecule has 1 unspecified atom stereocenters. The first-order valence-corrected chi connectivity index (χ1v) is 9.54. The topological polar surface area (TPSA) is 133 Å². The molecule has 1 aliphatic heterocycles. The summed E-state index contributed by atoms with van der Waals surface area (Å²) in [5, 5.41) is 20.5. The van der Waals surface area contributed by atoms with Crippen molar-refractivity contribution in [1.29, 1.82) is 0 Å². The van der Waals surface area contributed by atoms with Crippen LogP contribution in [-0.2, 0) is 20.4 Å². The zero-order valence-corrected chi connectivity index (χ0v) is 16.0. The average Bonchev–Trinajstić information content (AvgIpc) is 2.73. The molecule has 0 bridgehead atoms. The lowest BCUT2D eigenvalue weighted by atomic mass is 9.93. The van der Waals surface area contributed by atoms with Crippen molar-refractivity contribution in [2.24, 2.45) is 0 Å². The van der Waals surface area contributed by atoms with Crippen LogP contribution in [0.5, 0.6) is 5.75 Å². The third-order valence-corrected chi connectivity index (χ3v) is 6.79. The quantitative estimate of drug-likeness (QED) is 0.214. The van der Waals surface area contributed by atoms with Gasteiger partial charge in [-0.25, -0.2) is 14.8 Å². The molecule has 0 saturated carbocycles. The van der Waals surface area contributed by atoms with Crippen LogP contribution in [0, 0.1) is 11.8 Å². The minimum Gasteiger partial charge on any atom is -0.498 e. The molecule has 3 amide bonds. The number of carboxylic acid groups (broad SMARTS) is 1. The normalized spacial score (nSPS) is 24.9. The highest BCUT2D eigenvalue weighted by Gasteiger charge is 2.53. The van der Waals surface area contributed by atoms with E-state index < -0.39 is 32.0 Å². The summed E-state index contributed by atoms with van der Waals surface area (Å²) in [5.41, 5.74) is 1.52. The molecule has 9 nitrogen and oxygen atoms in total. The van der Waals surface area contributed by atoms with Crippen molar-refractivity contribution < 1.29 is 38.1 Å². The Balaban J connectivity index is 2.27. The molecule has 1 aromatic carbocycles. The number of benzene rings is 1. The minimum atomic E-state index is -1.92. The number of likely N-dealkylation sites (tertiary alicyclic amines) is 1. The lowest BCUT2D eigenvalue weighted by Crippen LogP contribution is -2.66. The number of carbonyl (C=O) groups is 3.